The number of aryl methyl sites for hydroxylation is 2. The van der Waals surface area contributed by atoms with Gasteiger partial charge in [0.1, 0.15) is 0 Å². The van der Waals surface area contributed by atoms with Gasteiger partial charge < -0.3 is 4.90 Å². The molecule has 27 heavy (non-hydrogen) atoms. The molecule has 1 aliphatic rings. The minimum atomic E-state index is -3.37. The van der Waals surface area contributed by atoms with Crippen LogP contribution >= 0.6 is 0 Å². The number of hydrogen-bond acceptors (Lipinski definition) is 3. The number of nitrogens with zero attached hydrogens (tertiary/aromatic N) is 2. The van der Waals surface area contributed by atoms with E-state index in [9.17, 15) is 13.2 Å². The maximum absolute atomic E-state index is 12.7. The molecule has 1 amide bonds. The highest BCUT2D eigenvalue weighted by Gasteiger charge is 2.28. The fourth-order valence-electron chi connectivity index (χ4n) is 3.19. The van der Waals surface area contributed by atoms with Gasteiger partial charge in [-0.05, 0) is 25.0 Å². The fraction of sp³-hybridized carbons (Fsp3) is 0.381. The zero-order valence-electron chi connectivity index (χ0n) is 15.9. The Morgan fingerprint density at radius 1 is 0.815 bits per heavy atom. The van der Waals surface area contributed by atoms with Gasteiger partial charge in [0.25, 0.3) is 0 Å². The molecule has 0 atom stereocenters. The van der Waals surface area contributed by atoms with Crippen LogP contribution in [0.5, 0.6) is 0 Å². The molecule has 0 N–H and O–H groups in total. The van der Waals surface area contributed by atoms with Gasteiger partial charge >= 0.3 is 0 Å². The second-order valence-corrected chi connectivity index (χ2v) is 9.15. The van der Waals surface area contributed by atoms with Gasteiger partial charge in [-0.15, -0.1) is 0 Å². The van der Waals surface area contributed by atoms with Crippen molar-refractivity contribution in [3.63, 3.8) is 0 Å². The van der Waals surface area contributed by atoms with Crippen LogP contribution in [0.2, 0.25) is 0 Å². The monoisotopic (exact) mass is 386 g/mol. The molecule has 1 fully saturated rings. The van der Waals surface area contributed by atoms with Gasteiger partial charge in [-0.25, -0.2) is 8.42 Å². The van der Waals surface area contributed by atoms with E-state index in [0.717, 1.165) is 16.7 Å². The highest BCUT2D eigenvalue weighted by Crippen LogP contribution is 2.15. The van der Waals surface area contributed by atoms with Gasteiger partial charge in [0.2, 0.25) is 15.9 Å². The molecule has 0 spiro atoms. The summed E-state index contributed by atoms with van der Waals surface area (Å²) in [7, 11) is -3.37. The molecule has 0 aliphatic carbocycles. The summed E-state index contributed by atoms with van der Waals surface area (Å²) in [5.41, 5.74) is 4.05. The van der Waals surface area contributed by atoms with Crippen molar-refractivity contribution < 1.29 is 13.2 Å². The fourth-order valence-corrected chi connectivity index (χ4v) is 4.71. The maximum atomic E-state index is 12.7. The van der Waals surface area contributed by atoms with Crippen LogP contribution in [0.3, 0.4) is 0 Å². The Balaban J connectivity index is 1.55. The number of sulfonamides is 1. The molecule has 1 saturated heterocycles. The summed E-state index contributed by atoms with van der Waals surface area (Å²) in [6, 6.07) is 15.5. The van der Waals surface area contributed by atoms with E-state index in [-0.39, 0.29) is 11.7 Å². The molecule has 0 bridgehead atoms. The van der Waals surface area contributed by atoms with E-state index in [1.54, 1.807) is 4.90 Å². The lowest BCUT2D eigenvalue weighted by molar-refractivity contribution is -0.131. The zero-order valence-corrected chi connectivity index (χ0v) is 16.7. The third-order valence-electron chi connectivity index (χ3n) is 4.93. The van der Waals surface area contributed by atoms with Crippen molar-refractivity contribution in [2.75, 3.05) is 26.2 Å². The molecule has 0 aromatic heterocycles. The quantitative estimate of drug-likeness (QED) is 0.793. The lowest BCUT2D eigenvalue weighted by atomic mass is 10.1. The van der Waals surface area contributed by atoms with Gasteiger partial charge in [-0.3, -0.25) is 4.79 Å². The van der Waals surface area contributed by atoms with Gasteiger partial charge in [0, 0.05) is 26.2 Å². The lowest BCUT2D eigenvalue weighted by Crippen LogP contribution is -2.51. The number of benzene rings is 2. The molecular formula is C21H26N2O3S. The summed E-state index contributed by atoms with van der Waals surface area (Å²) in [5.74, 6) is 0.0550. The standard InChI is InChI=1S/C21H26N2O3S/c1-17-3-7-19(8-4-17)15-21(24)22-11-13-23(14-12-22)27(25,26)16-20-9-5-18(2)6-10-20/h3-10H,11-16H2,1-2H3. The first-order valence-electron chi connectivity index (χ1n) is 9.20. The van der Waals surface area contributed by atoms with Gasteiger partial charge in [-0.1, -0.05) is 59.7 Å². The molecule has 0 saturated carbocycles. The van der Waals surface area contributed by atoms with E-state index in [1.807, 2.05) is 62.4 Å². The van der Waals surface area contributed by atoms with Crippen LogP contribution in [0, 0.1) is 13.8 Å². The van der Waals surface area contributed by atoms with Gasteiger partial charge in [0.15, 0.2) is 0 Å². The van der Waals surface area contributed by atoms with Crippen molar-refractivity contribution in [3.8, 4) is 0 Å². The van der Waals surface area contributed by atoms with Crippen LogP contribution in [0.15, 0.2) is 48.5 Å². The zero-order chi connectivity index (χ0) is 19.4. The number of hydrogen-bond donors (Lipinski definition) is 0. The summed E-state index contributed by atoms with van der Waals surface area (Å²) in [6.07, 6.45) is 0.358. The first-order chi connectivity index (χ1) is 12.8. The van der Waals surface area contributed by atoms with E-state index < -0.39 is 10.0 Å². The molecule has 6 heteroatoms. The van der Waals surface area contributed by atoms with E-state index in [2.05, 4.69) is 0 Å². The summed E-state index contributed by atoms with van der Waals surface area (Å²) >= 11 is 0. The van der Waals surface area contributed by atoms with Crippen molar-refractivity contribution in [1.29, 1.82) is 0 Å². The van der Waals surface area contributed by atoms with Crippen molar-refractivity contribution in [3.05, 3.63) is 70.8 Å². The molecule has 5 nitrogen and oxygen atoms in total. The van der Waals surface area contributed by atoms with Crippen LogP contribution in [0.4, 0.5) is 0 Å². The SMILES string of the molecule is Cc1ccc(CC(=O)N2CCN(S(=O)(=O)Cc3ccc(C)cc3)CC2)cc1. The number of piperazine rings is 1. The second kappa shape index (κ2) is 8.23. The van der Waals surface area contributed by atoms with Crippen LogP contribution < -0.4 is 0 Å². The lowest BCUT2D eigenvalue weighted by Gasteiger charge is -2.34. The normalized spacial score (nSPS) is 15.7. The highest BCUT2D eigenvalue weighted by atomic mass is 32.2. The van der Waals surface area contributed by atoms with Crippen LogP contribution in [0.25, 0.3) is 0 Å². The second-order valence-electron chi connectivity index (χ2n) is 7.18. The first kappa shape index (κ1) is 19.6. The molecule has 144 valence electrons. The van der Waals surface area contributed by atoms with E-state index in [4.69, 9.17) is 0 Å². The van der Waals surface area contributed by atoms with Crippen molar-refractivity contribution in [2.45, 2.75) is 26.0 Å². The van der Waals surface area contributed by atoms with Crippen molar-refractivity contribution in [2.24, 2.45) is 0 Å². The minimum Gasteiger partial charge on any atom is -0.340 e. The Bertz CT molecular complexity index is 882. The minimum absolute atomic E-state index is 0.00456. The summed E-state index contributed by atoms with van der Waals surface area (Å²) in [6.45, 7) is 5.59. The molecule has 2 aromatic carbocycles. The Morgan fingerprint density at radius 3 is 1.81 bits per heavy atom. The van der Waals surface area contributed by atoms with E-state index in [1.165, 1.54) is 9.87 Å². The molecule has 1 heterocycles. The number of carbonyl (C=O) groups is 1. The van der Waals surface area contributed by atoms with Crippen LogP contribution in [-0.2, 0) is 27.0 Å². The number of rotatable bonds is 5. The third kappa shape index (κ3) is 5.17. The first-order valence-corrected chi connectivity index (χ1v) is 10.8. The Kier molecular flexibility index (Phi) is 5.97. The number of carbonyl (C=O) groups excluding carboxylic acids is 1. The van der Waals surface area contributed by atoms with Crippen molar-refractivity contribution in [1.82, 2.24) is 9.21 Å². The molecule has 3 rings (SSSR count). The maximum Gasteiger partial charge on any atom is 0.227 e. The molecule has 1 aliphatic heterocycles. The molecular weight excluding hydrogens is 360 g/mol. The van der Waals surface area contributed by atoms with E-state index >= 15 is 0 Å². The topological polar surface area (TPSA) is 57.7 Å². The molecule has 2 aromatic rings. The van der Waals surface area contributed by atoms with Crippen molar-refractivity contribution >= 4 is 15.9 Å². The average molecular weight is 387 g/mol. The summed E-state index contributed by atoms with van der Waals surface area (Å²) < 4.78 is 26.8. The van der Waals surface area contributed by atoms with E-state index in [0.29, 0.717) is 32.6 Å². The number of amides is 1. The third-order valence-corrected chi connectivity index (χ3v) is 6.78. The van der Waals surface area contributed by atoms with Gasteiger partial charge in [-0.2, -0.15) is 4.31 Å². The largest absolute Gasteiger partial charge is 0.340 e. The van der Waals surface area contributed by atoms with Crippen LogP contribution in [0.1, 0.15) is 22.3 Å². The highest BCUT2D eigenvalue weighted by molar-refractivity contribution is 7.88. The Hall–Kier alpha value is -2.18. The molecule has 0 unspecified atom stereocenters. The van der Waals surface area contributed by atoms with Crippen LogP contribution in [-0.4, -0.2) is 49.7 Å². The average Bonchev–Trinajstić information content (AvgIpc) is 2.65. The smallest absolute Gasteiger partial charge is 0.227 e. The Morgan fingerprint density at radius 2 is 1.30 bits per heavy atom. The predicted octanol–water partition coefficient (Wildman–Crippen LogP) is 2.52. The predicted molar refractivity (Wildman–Crippen MR) is 107 cm³/mol. The molecule has 0 radical (unpaired) electrons. The van der Waals surface area contributed by atoms with Gasteiger partial charge in [0.05, 0.1) is 12.2 Å². The summed E-state index contributed by atoms with van der Waals surface area (Å²) in [4.78, 5) is 14.3. The summed E-state index contributed by atoms with van der Waals surface area (Å²) in [5, 5.41) is 0. The Labute approximate surface area is 161 Å².